The average Bonchev–Trinajstić information content (AvgIpc) is 3.16. The first-order valence-electron chi connectivity index (χ1n) is 9.03. The number of nitrogens with one attached hydrogen (secondary N) is 3. The zero-order valence-corrected chi connectivity index (χ0v) is 16.8. The fourth-order valence-electron chi connectivity index (χ4n) is 2.87. The molecule has 0 atom stereocenters. The third kappa shape index (κ3) is 4.20. The summed E-state index contributed by atoms with van der Waals surface area (Å²) >= 11 is 1.32. The molecule has 0 saturated heterocycles. The molecule has 3 amide bonds. The summed E-state index contributed by atoms with van der Waals surface area (Å²) in [4.78, 5) is 33.7. The molecular formula is C21H18N6O2S. The number of hydrogen-bond donors (Lipinski definition) is 4. The van der Waals surface area contributed by atoms with Crippen molar-refractivity contribution < 1.29 is 9.59 Å². The minimum Gasteiger partial charge on any atom is -0.383 e. The van der Waals surface area contributed by atoms with Crippen LogP contribution in [0.3, 0.4) is 0 Å². The van der Waals surface area contributed by atoms with Gasteiger partial charge >= 0.3 is 6.03 Å². The second-order valence-electron chi connectivity index (χ2n) is 6.57. The van der Waals surface area contributed by atoms with Gasteiger partial charge in [0.2, 0.25) is 0 Å². The second-order valence-corrected chi connectivity index (χ2v) is 7.43. The summed E-state index contributed by atoms with van der Waals surface area (Å²) in [7, 11) is 0. The standard InChI is InChI=1S/C21H18N6O2S/c1-12-5-7-13(8-6-12)26-21(29)27-15-4-2-3-14(9-15)25-19(28)16-10-30-20-17(16)18(22)23-11-24-20/h2-11H,1H3,(H,25,28)(H2,22,23,24)(H2,26,27,29). The average molecular weight is 418 g/mol. The molecule has 0 unspecified atom stereocenters. The third-order valence-electron chi connectivity index (χ3n) is 4.33. The van der Waals surface area contributed by atoms with Gasteiger partial charge in [0, 0.05) is 22.4 Å². The van der Waals surface area contributed by atoms with Crippen LogP contribution in [0.5, 0.6) is 0 Å². The fourth-order valence-corrected chi connectivity index (χ4v) is 3.76. The highest BCUT2D eigenvalue weighted by molar-refractivity contribution is 7.17. The number of carbonyl (C=O) groups is 2. The minimum atomic E-state index is -0.379. The van der Waals surface area contributed by atoms with Gasteiger partial charge in [0.1, 0.15) is 17.0 Å². The summed E-state index contributed by atoms with van der Waals surface area (Å²) in [6.07, 6.45) is 1.37. The molecule has 0 bridgehead atoms. The summed E-state index contributed by atoms with van der Waals surface area (Å²) in [5.41, 5.74) is 9.17. The largest absolute Gasteiger partial charge is 0.383 e. The zero-order valence-electron chi connectivity index (χ0n) is 16.0. The quantitative estimate of drug-likeness (QED) is 0.389. The van der Waals surface area contributed by atoms with Crippen LogP contribution in [0.15, 0.2) is 60.2 Å². The number of nitrogen functional groups attached to an aromatic ring is 1. The van der Waals surface area contributed by atoms with Crippen molar-refractivity contribution in [1.29, 1.82) is 0 Å². The number of rotatable bonds is 4. The van der Waals surface area contributed by atoms with Crippen molar-refractivity contribution in [3.8, 4) is 0 Å². The topological polar surface area (TPSA) is 122 Å². The molecular weight excluding hydrogens is 400 g/mol. The van der Waals surface area contributed by atoms with Gasteiger partial charge in [0.05, 0.1) is 10.9 Å². The molecule has 0 saturated carbocycles. The Morgan fingerprint density at radius 1 is 0.933 bits per heavy atom. The Hall–Kier alpha value is -3.98. The van der Waals surface area contributed by atoms with Crippen LogP contribution in [0.4, 0.5) is 27.7 Å². The van der Waals surface area contributed by atoms with E-state index < -0.39 is 0 Å². The van der Waals surface area contributed by atoms with E-state index in [1.54, 1.807) is 29.6 Å². The van der Waals surface area contributed by atoms with Crippen molar-refractivity contribution in [2.24, 2.45) is 0 Å². The molecule has 5 N–H and O–H groups in total. The van der Waals surface area contributed by atoms with E-state index in [2.05, 4.69) is 25.9 Å². The summed E-state index contributed by atoms with van der Waals surface area (Å²) in [6, 6.07) is 14.0. The van der Waals surface area contributed by atoms with Crippen molar-refractivity contribution in [1.82, 2.24) is 9.97 Å². The van der Waals surface area contributed by atoms with Crippen LogP contribution in [-0.4, -0.2) is 21.9 Å². The molecule has 0 radical (unpaired) electrons. The van der Waals surface area contributed by atoms with Crippen LogP contribution in [0.1, 0.15) is 15.9 Å². The molecule has 0 aliphatic carbocycles. The van der Waals surface area contributed by atoms with Crippen LogP contribution < -0.4 is 21.7 Å². The van der Waals surface area contributed by atoms with Crippen LogP contribution >= 0.6 is 11.3 Å². The van der Waals surface area contributed by atoms with Crippen molar-refractivity contribution in [3.05, 3.63) is 71.4 Å². The van der Waals surface area contributed by atoms with Gasteiger partial charge in [-0.25, -0.2) is 14.8 Å². The lowest BCUT2D eigenvalue weighted by molar-refractivity contribution is 0.102. The number of anilines is 4. The molecule has 0 aliphatic heterocycles. The van der Waals surface area contributed by atoms with Crippen molar-refractivity contribution in [3.63, 3.8) is 0 Å². The predicted molar refractivity (Wildman–Crippen MR) is 120 cm³/mol. The molecule has 2 heterocycles. The lowest BCUT2D eigenvalue weighted by Crippen LogP contribution is -2.19. The molecule has 8 nitrogen and oxygen atoms in total. The highest BCUT2D eigenvalue weighted by atomic mass is 32.1. The smallest absolute Gasteiger partial charge is 0.323 e. The monoisotopic (exact) mass is 418 g/mol. The van der Waals surface area contributed by atoms with Crippen LogP contribution in [-0.2, 0) is 0 Å². The number of amides is 3. The number of carbonyl (C=O) groups excluding carboxylic acids is 2. The van der Waals surface area contributed by atoms with Gasteiger partial charge in [0.15, 0.2) is 0 Å². The number of nitrogens with zero attached hydrogens (tertiary/aromatic N) is 2. The van der Waals surface area contributed by atoms with Crippen molar-refractivity contribution in [2.75, 3.05) is 21.7 Å². The maximum atomic E-state index is 12.7. The van der Waals surface area contributed by atoms with E-state index >= 15 is 0 Å². The lowest BCUT2D eigenvalue weighted by atomic mass is 10.2. The molecule has 0 aliphatic rings. The number of nitrogens with two attached hydrogens (primary N) is 1. The number of hydrogen-bond acceptors (Lipinski definition) is 6. The predicted octanol–water partition coefficient (Wildman–Crippen LogP) is 4.48. The number of thiophene rings is 1. The summed E-state index contributed by atoms with van der Waals surface area (Å²) in [5, 5.41) is 10.6. The molecule has 0 spiro atoms. The van der Waals surface area contributed by atoms with Gasteiger partial charge < -0.3 is 21.7 Å². The highest BCUT2D eigenvalue weighted by Gasteiger charge is 2.16. The molecule has 2 aromatic carbocycles. The van der Waals surface area contributed by atoms with Gasteiger partial charge in [-0.3, -0.25) is 4.79 Å². The lowest BCUT2D eigenvalue weighted by Gasteiger charge is -2.10. The highest BCUT2D eigenvalue weighted by Crippen LogP contribution is 2.28. The number of benzene rings is 2. The van der Waals surface area contributed by atoms with E-state index in [1.807, 2.05) is 31.2 Å². The molecule has 9 heteroatoms. The fraction of sp³-hybridized carbons (Fsp3) is 0.0476. The van der Waals surface area contributed by atoms with E-state index in [9.17, 15) is 9.59 Å². The first-order chi connectivity index (χ1) is 14.5. The van der Waals surface area contributed by atoms with Crippen molar-refractivity contribution >= 4 is 56.4 Å². The molecule has 0 fully saturated rings. The van der Waals surface area contributed by atoms with Crippen LogP contribution in [0.25, 0.3) is 10.2 Å². The molecule has 30 heavy (non-hydrogen) atoms. The van der Waals surface area contributed by atoms with E-state index in [1.165, 1.54) is 17.7 Å². The van der Waals surface area contributed by atoms with Gasteiger partial charge in [0.25, 0.3) is 5.91 Å². The zero-order chi connectivity index (χ0) is 21.1. The SMILES string of the molecule is Cc1ccc(NC(=O)Nc2cccc(NC(=O)c3csc4ncnc(N)c34)c2)cc1. The van der Waals surface area contributed by atoms with Crippen LogP contribution in [0.2, 0.25) is 0 Å². The van der Waals surface area contributed by atoms with Gasteiger partial charge in [-0.15, -0.1) is 11.3 Å². The maximum Gasteiger partial charge on any atom is 0.323 e. The van der Waals surface area contributed by atoms with E-state index in [-0.39, 0.29) is 17.8 Å². The van der Waals surface area contributed by atoms with Crippen LogP contribution in [0, 0.1) is 6.92 Å². The molecule has 4 rings (SSSR count). The maximum absolute atomic E-state index is 12.7. The van der Waals surface area contributed by atoms with Crippen molar-refractivity contribution in [2.45, 2.75) is 6.92 Å². The summed E-state index contributed by atoms with van der Waals surface area (Å²) < 4.78 is 0. The Bertz CT molecular complexity index is 1240. The number of aryl methyl sites for hydroxylation is 1. The Labute approximate surface area is 176 Å². The van der Waals surface area contributed by atoms with Gasteiger partial charge in [-0.05, 0) is 37.3 Å². The first-order valence-corrected chi connectivity index (χ1v) is 9.91. The number of aromatic nitrogens is 2. The normalized spacial score (nSPS) is 10.6. The number of fused-ring (bicyclic) bond motifs is 1. The second kappa shape index (κ2) is 8.18. The van der Waals surface area contributed by atoms with E-state index in [0.717, 1.165) is 5.56 Å². The van der Waals surface area contributed by atoms with E-state index in [0.29, 0.717) is 32.8 Å². The molecule has 150 valence electrons. The minimum absolute atomic E-state index is 0.259. The van der Waals surface area contributed by atoms with Gasteiger partial charge in [-0.1, -0.05) is 23.8 Å². The summed E-state index contributed by atoms with van der Waals surface area (Å²) in [6.45, 7) is 1.98. The Morgan fingerprint density at radius 2 is 1.63 bits per heavy atom. The first kappa shape index (κ1) is 19.3. The summed E-state index contributed by atoms with van der Waals surface area (Å²) in [5.74, 6) is -0.0707. The Kier molecular flexibility index (Phi) is 5.27. The Morgan fingerprint density at radius 3 is 2.40 bits per heavy atom. The number of urea groups is 1. The Balaban J connectivity index is 1.46. The van der Waals surface area contributed by atoms with Gasteiger partial charge in [-0.2, -0.15) is 0 Å². The molecule has 4 aromatic rings. The molecule has 2 aromatic heterocycles. The third-order valence-corrected chi connectivity index (χ3v) is 5.22. The van der Waals surface area contributed by atoms with E-state index in [4.69, 9.17) is 5.73 Å².